The van der Waals surface area contributed by atoms with E-state index < -0.39 is 6.10 Å². The van der Waals surface area contributed by atoms with Gasteiger partial charge in [0, 0.05) is 0 Å². The van der Waals surface area contributed by atoms with Gasteiger partial charge in [0.15, 0.2) is 16.5 Å². The summed E-state index contributed by atoms with van der Waals surface area (Å²) in [5.74, 6) is 0.556. The van der Waals surface area contributed by atoms with Gasteiger partial charge in [-0.15, -0.1) is 11.3 Å². The summed E-state index contributed by atoms with van der Waals surface area (Å²) in [6.07, 6.45) is 3.10. The SMILES string of the molecule is O=C(NC1CCCCC1O)c1ccc(-c2nc3ccccc3s2)o1. The molecular weight excluding hydrogens is 324 g/mol. The summed E-state index contributed by atoms with van der Waals surface area (Å²) in [6.45, 7) is 0. The fraction of sp³-hybridized carbons (Fsp3) is 0.333. The van der Waals surface area contributed by atoms with Crippen molar-refractivity contribution in [2.75, 3.05) is 0 Å². The van der Waals surface area contributed by atoms with Crippen LogP contribution in [0.5, 0.6) is 0 Å². The number of hydrogen-bond donors (Lipinski definition) is 2. The average Bonchev–Trinajstić information content (AvgIpc) is 3.23. The van der Waals surface area contributed by atoms with Gasteiger partial charge >= 0.3 is 0 Å². The van der Waals surface area contributed by atoms with Crippen LogP contribution in [0, 0.1) is 0 Å². The number of hydrogen-bond acceptors (Lipinski definition) is 5. The molecule has 0 radical (unpaired) electrons. The summed E-state index contributed by atoms with van der Waals surface area (Å²) in [4.78, 5) is 16.9. The smallest absolute Gasteiger partial charge is 0.287 e. The van der Waals surface area contributed by atoms with Crippen molar-refractivity contribution in [2.45, 2.75) is 37.8 Å². The van der Waals surface area contributed by atoms with E-state index in [9.17, 15) is 9.90 Å². The molecule has 124 valence electrons. The zero-order chi connectivity index (χ0) is 16.5. The van der Waals surface area contributed by atoms with Gasteiger partial charge in [-0.05, 0) is 37.1 Å². The van der Waals surface area contributed by atoms with E-state index in [1.165, 1.54) is 11.3 Å². The van der Waals surface area contributed by atoms with Crippen molar-refractivity contribution in [1.29, 1.82) is 0 Å². The highest BCUT2D eigenvalue weighted by atomic mass is 32.1. The van der Waals surface area contributed by atoms with Crippen LogP contribution >= 0.6 is 11.3 Å². The molecule has 2 atom stereocenters. The lowest BCUT2D eigenvalue weighted by atomic mass is 9.92. The van der Waals surface area contributed by atoms with Gasteiger partial charge in [0.05, 0.1) is 22.4 Å². The fourth-order valence-electron chi connectivity index (χ4n) is 3.07. The molecule has 2 aromatic heterocycles. The van der Waals surface area contributed by atoms with Gasteiger partial charge in [0.25, 0.3) is 5.91 Å². The molecule has 2 heterocycles. The second-order valence-corrected chi connectivity index (χ2v) is 7.11. The fourth-order valence-corrected chi connectivity index (χ4v) is 4.00. The zero-order valence-electron chi connectivity index (χ0n) is 13.1. The van der Waals surface area contributed by atoms with E-state index in [0.29, 0.717) is 5.76 Å². The lowest BCUT2D eigenvalue weighted by molar-refractivity contribution is 0.0698. The Balaban J connectivity index is 1.52. The highest BCUT2D eigenvalue weighted by Crippen LogP contribution is 2.31. The number of carbonyl (C=O) groups excluding carboxylic acids is 1. The number of benzene rings is 1. The Morgan fingerprint density at radius 3 is 2.88 bits per heavy atom. The van der Waals surface area contributed by atoms with Crippen LogP contribution in [0.3, 0.4) is 0 Å². The van der Waals surface area contributed by atoms with Crippen LogP contribution in [0.2, 0.25) is 0 Å². The number of aliphatic hydroxyl groups is 1. The summed E-state index contributed by atoms with van der Waals surface area (Å²) >= 11 is 1.53. The second kappa shape index (κ2) is 6.37. The maximum atomic E-state index is 12.3. The predicted octanol–water partition coefficient (Wildman–Crippen LogP) is 3.59. The first-order valence-corrected chi connectivity index (χ1v) is 8.97. The molecule has 24 heavy (non-hydrogen) atoms. The first-order chi connectivity index (χ1) is 11.7. The number of carbonyl (C=O) groups is 1. The quantitative estimate of drug-likeness (QED) is 0.763. The maximum absolute atomic E-state index is 12.3. The third-order valence-electron chi connectivity index (χ3n) is 4.38. The van der Waals surface area contributed by atoms with Crippen molar-refractivity contribution >= 4 is 27.5 Å². The molecule has 0 saturated heterocycles. The average molecular weight is 342 g/mol. The molecule has 1 aromatic carbocycles. The molecular formula is C18H18N2O3S. The number of furan rings is 1. The largest absolute Gasteiger partial charge is 0.448 e. The monoisotopic (exact) mass is 342 g/mol. The molecule has 1 saturated carbocycles. The Bertz CT molecular complexity index is 837. The van der Waals surface area contributed by atoms with Gasteiger partial charge in [0.2, 0.25) is 0 Å². The van der Waals surface area contributed by atoms with Crippen LogP contribution in [-0.2, 0) is 0 Å². The van der Waals surface area contributed by atoms with Gasteiger partial charge in [-0.25, -0.2) is 4.98 Å². The summed E-state index contributed by atoms with van der Waals surface area (Å²) in [5, 5.41) is 13.6. The minimum atomic E-state index is -0.471. The number of rotatable bonds is 3. The first-order valence-electron chi connectivity index (χ1n) is 8.15. The number of para-hydroxylation sites is 1. The Morgan fingerprint density at radius 2 is 2.04 bits per heavy atom. The van der Waals surface area contributed by atoms with Gasteiger partial charge in [-0.1, -0.05) is 25.0 Å². The lowest BCUT2D eigenvalue weighted by Gasteiger charge is -2.27. The standard InChI is InChI=1S/C18H18N2O3S/c21-13-7-3-1-5-11(13)19-17(22)14-9-10-15(23-14)18-20-12-6-2-4-8-16(12)24-18/h2,4,6,8-11,13,21H,1,3,5,7H2,(H,19,22). The summed E-state index contributed by atoms with van der Waals surface area (Å²) < 4.78 is 6.78. The lowest BCUT2D eigenvalue weighted by Crippen LogP contribution is -2.44. The Labute approximate surface area is 143 Å². The van der Waals surface area contributed by atoms with Gasteiger partial charge in [-0.3, -0.25) is 4.79 Å². The molecule has 4 rings (SSSR count). The number of aromatic nitrogens is 1. The number of thiazole rings is 1. The van der Waals surface area contributed by atoms with E-state index in [-0.39, 0.29) is 17.7 Å². The molecule has 0 spiro atoms. The van der Waals surface area contributed by atoms with E-state index in [0.717, 1.165) is 40.9 Å². The third-order valence-corrected chi connectivity index (χ3v) is 5.43. The highest BCUT2D eigenvalue weighted by molar-refractivity contribution is 7.21. The van der Waals surface area contributed by atoms with Crippen LogP contribution in [0.4, 0.5) is 0 Å². The summed E-state index contributed by atoms with van der Waals surface area (Å²) in [7, 11) is 0. The van der Waals surface area contributed by atoms with Crippen molar-refractivity contribution in [3.63, 3.8) is 0 Å². The molecule has 2 N–H and O–H groups in total. The minimum absolute atomic E-state index is 0.192. The van der Waals surface area contributed by atoms with Crippen molar-refractivity contribution < 1.29 is 14.3 Å². The van der Waals surface area contributed by atoms with Crippen molar-refractivity contribution in [2.24, 2.45) is 0 Å². The molecule has 2 unspecified atom stereocenters. The van der Waals surface area contributed by atoms with E-state index >= 15 is 0 Å². The molecule has 1 amide bonds. The molecule has 3 aromatic rings. The van der Waals surface area contributed by atoms with Crippen molar-refractivity contribution in [3.05, 3.63) is 42.2 Å². The van der Waals surface area contributed by atoms with E-state index in [1.807, 2.05) is 24.3 Å². The highest BCUT2D eigenvalue weighted by Gasteiger charge is 2.26. The van der Waals surface area contributed by atoms with Gasteiger partial charge < -0.3 is 14.8 Å². The second-order valence-electron chi connectivity index (χ2n) is 6.08. The van der Waals surface area contributed by atoms with Crippen LogP contribution in [0.1, 0.15) is 36.2 Å². The summed E-state index contributed by atoms with van der Waals surface area (Å²) in [6, 6.07) is 11.1. The summed E-state index contributed by atoms with van der Waals surface area (Å²) in [5.41, 5.74) is 0.922. The van der Waals surface area contributed by atoms with Crippen LogP contribution in [0.15, 0.2) is 40.8 Å². The first kappa shape index (κ1) is 15.4. The van der Waals surface area contributed by atoms with E-state index in [1.54, 1.807) is 12.1 Å². The predicted molar refractivity (Wildman–Crippen MR) is 93.1 cm³/mol. The Kier molecular flexibility index (Phi) is 4.08. The van der Waals surface area contributed by atoms with Crippen LogP contribution in [0.25, 0.3) is 21.0 Å². The Morgan fingerprint density at radius 1 is 1.21 bits per heavy atom. The molecule has 5 nitrogen and oxygen atoms in total. The molecule has 1 aliphatic carbocycles. The van der Waals surface area contributed by atoms with Gasteiger partial charge in [-0.2, -0.15) is 0 Å². The normalized spacial score (nSPS) is 21.0. The molecule has 1 fully saturated rings. The Hall–Kier alpha value is -2.18. The molecule has 0 aliphatic heterocycles. The maximum Gasteiger partial charge on any atom is 0.287 e. The van der Waals surface area contributed by atoms with Crippen LogP contribution < -0.4 is 5.32 Å². The van der Waals surface area contributed by atoms with E-state index in [4.69, 9.17) is 4.42 Å². The number of amides is 1. The zero-order valence-corrected chi connectivity index (χ0v) is 13.9. The number of aliphatic hydroxyl groups excluding tert-OH is 1. The number of fused-ring (bicyclic) bond motifs is 1. The van der Waals surface area contributed by atoms with Gasteiger partial charge in [0.1, 0.15) is 0 Å². The molecule has 6 heteroatoms. The van der Waals surface area contributed by atoms with E-state index in [2.05, 4.69) is 10.3 Å². The third kappa shape index (κ3) is 2.95. The topological polar surface area (TPSA) is 75.4 Å². The van der Waals surface area contributed by atoms with Crippen molar-refractivity contribution in [3.8, 4) is 10.8 Å². The number of nitrogens with one attached hydrogen (secondary N) is 1. The minimum Gasteiger partial charge on any atom is -0.448 e. The van der Waals surface area contributed by atoms with Crippen LogP contribution in [-0.4, -0.2) is 28.1 Å². The molecule has 1 aliphatic rings. The number of nitrogens with zero attached hydrogens (tertiary/aromatic N) is 1. The van der Waals surface area contributed by atoms with Crippen molar-refractivity contribution in [1.82, 2.24) is 10.3 Å². The molecule has 0 bridgehead atoms.